The first-order valence-electron chi connectivity index (χ1n) is 5.72. The number of thioether (sulfide) groups is 1. The van der Waals surface area contributed by atoms with E-state index in [0.29, 0.717) is 16.7 Å². The van der Waals surface area contributed by atoms with Gasteiger partial charge in [0, 0.05) is 17.6 Å². The highest BCUT2D eigenvalue weighted by molar-refractivity contribution is 7.98. The predicted molar refractivity (Wildman–Crippen MR) is 73.8 cm³/mol. The molecule has 0 aliphatic carbocycles. The zero-order valence-electron chi connectivity index (χ0n) is 10.6. The zero-order valence-corrected chi connectivity index (χ0v) is 11.5. The van der Waals surface area contributed by atoms with Crippen molar-refractivity contribution in [3.05, 3.63) is 18.0 Å². The van der Waals surface area contributed by atoms with E-state index in [1.807, 2.05) is 26.2 Å². The number of aliphatic hydroxyl groups excluding tert-OH is 1. The third kappa shape index (κ3) is 2.70. The summed E-state index contributed by atoms with van der Waals surface area (Å²) < 4.78 is 0. The van der Waals surface area contributed by atoms with Gasteiger partial charge in [0.05, 0.1) is 12.3 Å². The summed E-state index contributed by atoms with van der Waals surface area (Å²) in [5.74, 6) is 0.698. The first-order valence-corrected chi connectivity index (χ1v) is 6.94. The van der Waals surface area contributed by atoms with Gasteiger partial charge >= 0.3 is 0 Å². The lowest BCUT2D eigenvalue weighted by molar-refractivity contribution is 0.277. The molecule has 0 aromatic carbocycles. The van der Waals surface area contributed by atoms with Crippen LogP contribution in [-0.2, 0) is 6.61 Å². The highest BCUT2D eigenvalue weighted by Crippen LogP contribution is 2.23. The second-order valence-corrected chi connectivity index (χ2v) is 4.99. The van der Waals surface area contributed by atoms with E-state index in [2.05, 4.69) is 20.3 Å². The maximum Gasteiger partial charge on any atom is 0.187 e. The minimum absolute atomic E-state index is 0.0903. The molecule has 2 heterocycles. The summed E-state index contributed by atoms with van der Waals surface area (Å²) >= 11 is 1.49. The SMILES string of the molecule is CSc1ncc2cc(CO)nc(NC(C)C)c2n1. The number of anilines is 1. The summed E-state index contributed by atoms with van der Waals surface area (Å²) in [7, 11) is 0. The Morgan fingerprint density at radius 3 is 2.78 bits per heavy atom. The molecule has 0 spiro atoms. The summed E-state index contributed by atoms with van der Waals surface area (Å²) in [5.41, 5.74) is 1.41. The molecule has 0 fully saturated rings. The van der Waals surface area contributed by atoms with Crippen LogP contribution in [0, 0.1) is 0 Å². The summed E-state index contributed by atoms with van der Waals surface area (Å²) in [5, 5.41) is 14.1. The van der Waals surface area contributed by atoms with E-state index in [-0.39, 0.29) is 12.6 Å². The standard InChI is InChI=1S/C12H16N4OS/c1-7(2)14-11-10-8(4-9(6-17)15-11)5-13-12(16-10)18-3/h4-5,7,17H,6H2,1-3H3,(H,14,15). The fourth-order valence-corrected chi connectivity index (χ4v) is 1.97. The number of rotatable bonds is 4. The normalized spacial score (nSPS) is 11.2. The lowest BCUT2D eigenvalue weighted by Crippen LogP contribution is -2.13. The molecule has 0 saturated carbocycles. The monoisotopic (exact) mass is 264 g/mol. The molecule has 0 atom stereocenters. The summed E-state index contributed by atoms with van der Waals surface area (Å²) in [4.78, 5) is 13.1. The molecule has 2 rings (SSSR count). The fourth-order valence-electron chi connectivity index (χ4n) is 1.63. The first-order chi connectivity index (χ1) is 8.63. The van der Waals surface area contributed by atoms with Crippen LogP contribution in [0.4, 0.5) is 5.82 Å². The van der Waals surface area contributed by atoms with Crippen LogP contribution < -0.4 is 5.32 Å². The lowest BCUT2D eigenvalue weighted by Gasteiger charge is -2.12. The number of nitrogens with zero attached hydrogens (tertiary/aromatic N) is 3. The van der Waals surface area contributed by atoms with E-state index in [1.165, 1.54) is 11.8 Å². The molecule has 2 aromatic rings. The number of aromatic nitrogens is 3. The highest BCUT2D eigenvalue weighted by atomic mass is 32.2. The number of fused-ring (bicyclic) bond motifs is 1. The van der Waals surface area contributed by atoms with Crippen molar-refractivity contribution >= 4 is 28.5 Å². The minimum Gasteiger partial charge on any atom is -0.390 e. The molecule has 0 amide bonds. The van der Waals surface area contributed by atoms with E-state index < -0.39 is 0 Å². The van der Waals surface area contributed by atoms with Crippen LogP contribution in [0.2, 0.25) is 0 Å². The molecule has 2 N–H and O–H groups in total. The molecule has 0 unspecified atom stereocenters. The lowest BCUT2D eigenvalue weighted by atomic mass is 10.2. The average molecular weight is 264 g/mol. The van der Waals surface area contributed by atoms with E-state index in [9.17, 15) is 5.11 Å². The van der Waals surface area contributed by atoms with E-state index in [1.54, 1.807) is 6.20 Å². The van der Waals surface area contributed by atoms with Crippen LogP contribution in [0.15, 0.2) is 17.4 Å². The maximum absolute atomic E-state index is 9.22. The van der Waals surface area contributed by atoms with E-state index >= 15 is 0 Å². The van der Waals surface area contributed by atoms with Gasteiger partial charge in [0.2, 0.25) is 0 Å². The van der Waals surface area contributed by atoms with Crippen molar-refractivity contribution in [1.29, 1.82) is 0 Å². The van der Waals surface area contributed by atoms with Crippen molar-refractivity contribution in [3.8, 4) is 0 Å². The van der Waals surface area contributed by atoms with Gasteiger partial charge in [0.25, 0.3) is 0 Å². The van der Waals surface area contributed by atoms with Crippen LogP contribution in [0.1, 0.15) is 19.5 Å². The van der Waals surface area contributed by atoms with E-state index in [4.69, 9.17) is 0 Å². The molecule has 0 aliphatic heterocycles. The van der Waals surface area contributed by atoms with Gasteiger partial charge in [-0.1, -0.05) is 11.8 Å². The summed E-state index contributed by atoms with van der Waals surface area (Å²) in [6.07, 6.45) is 3.70. The Morgan fingerprint density at radius 2 is 2.17 bits per heavy atom. The molecule has 96 valence electrons. The zero-order chi connectivity index (χ0) is 13.1. The summed E-state index contributed by atoms with van der Waals surface area (Å²) in [6, 6.07) is 2.06. The molecule has 0 bridgehead atoms. The Balaban J connectivity index is 2.61. The van der Waals surface area contributed by atoms with Crippen molar-refractivity contribution in [2.24, 2.45) is 0 Å². The molecule has 0 saturated heterocycles. The summed E-state index contributed by atoms with van der Waals surface area (Å²) in [6.45, 7) is 3.98. The third-order valence-corrected chi connectivity index (χ3v) is 2.93. The van der Waals surface area contributed by atoms with Gasteiger partial charge in [0.15, 0.2) is 11.0 Å². The second kappa shape index (κ2) is 5.49. The number of aliphatic hydroxyl groups is 1. The van der Waals surface area contributed by atoms with Gasteiger partial charge in [-0.25, -0.2) is 15.0 Å². The van der Waals surface area contributed by atoms with Crippen molar-refractivity contribution in [3.63, 3.8) is 0 Å². The Labute approximate surface area is 110 Å². The Morgan fingerprint density at radius 1 is 1.39 bits per heavy atom. The van der Waals surface area contributed by atoms with Gasteiger partial charge in [-0.05, 0) is 26.2 Å². The van der Waals surface area contributed by atoms with Crippen molar-refractivity contribution in [2.45, 2.75) is 31.7 Å². The molecule has 0 radical (unpaired) electrons. The minimum atomic E-state index is -0.0903. The quantitative estimate of drug-likeness (QED) is 0.650. The first kappa shape index (κ1) is 13.0. The van der Waals surface area contributed by atoms with Gasteiger partial charge in [-0.3, -0.25) is 0 Å². The average Bonchev–Trinajstić information content (AvgIpc) is 2.37. The molecule has 18 heavy (non-hydrogen) atoms. The largest absolute Gasteiger partial charge is 0.390 e. The fraction of sp³-hybridized carbons (Fsp3) is 0.417. The predicted octanol–water partition coefficient (Wildman–Crippen LogP) is 2.06. The molecule has 2 aromatic heterocycles. The van der Waals surface area contributed by atoms with Crippen LogP contribution >= 0.6 is 11.8 Å². The van der Waals surface area contributed by atoms with Crippen LogP contribution in [0.5, 0.6) is 0 Å². The Bertz CT molecular complexity index is 559. The topological polar surface area (TPSA) is 70.9 Å². The smallest absolute Gasteiger partial charge is 0.187 e. The molecular weight excluding hydrogens is 248 g/mol. The molecule has 0 aliphatic rings. The van der Waals surface area contributed by atoms with Gasteiger partial charge in [-0.15, -0.1) is 0 Å². The van der Waals surface area contributed by atoms with Crippen LogP contribution in [0.3, 0.4) is 0 Å². The third-order valence-electron chi connectivity index (χ3n) is 2.37. The van der Waals surface area contributed by atoms with Gasteiger partial charge < -0.3 is 10.4 Å². The molecule has 5 nitrogen and oxygen atoms in total. The Hall–Kier alpha value is -1.40. The number of nitrogens with one attached hydrogen (secondary N) is 1. The molecular formula is C12H16N4OS. The van der Waals surface area contributed by atoms with Gasteiger partial charge in [-0.2, -0.15) is 0 Å². The van der Waals surface area contributed by atoms with Crippen molar-refractivity contribution < 1.29 is 5.11 Å². The molecule has 6 heteroatoms. The van der Waals surface area contributed by atoms with Crippen molar-refractivity contribution in [2.75, 3.05) is 11.6 Å². The number of hydrogen-bond donors (Lipinski definition) is 2. The second-order valence-electron chi connectivity index (χ2n) is 4.21. The highest BCUT2D eigenvalue weighted by Gasteiger charge is 2.09. The van der Waals surface area contributed by atoms with Crippen LogP contribution in [-0.4, -0.2) is 32.4 Å². The number of hydrogen-bond acceptors (Lipinski definition) is 6. The van der Waals surface area contributed by atoms with Crippen molar-refractivity contribution in [1.82, 2.24) is 15.0 Å². The van der Waals surface area contributed by atoms with E-state index in [0.717, 1.165) is 10.9 Å². The number of pyridine rings is 1. The Kier molecular flexibility index (Phi) is 3.98. The maximum atomic E-state index is 9.22. The van der Waals surface area contributed by atoms with Crippen LogP contribution in [0.25, 0.3) is 10.9 Å². The van der Waals surface area contributed by atoms with Gasteiger partial charge in [0.1, 0.15) is 5.52 Å².